The Morgan fingerprint density at radius 3 is 2.57 bits per heavy atom. The maximum atomic E-state index is 13.0. The fraction of sp³-hybridized carbons (Fsp3) is 0.312. The number of rotatable bonds is 4. The van der Waals surface area contributed by atoms with E-state index in [0.717, 1.165) is 0 Å². The topological polar surface area (TPSA) is 58.7 Å². The van der Waals surface area contributed by atoms with Crippen LogP contribution in [-0.4, -0.2) is 9.78 Å². The van der Waals surface area contributed by atoms with E-state index in [9.17, 15) is 9.18 Å². The first-order valence-electron chi connectivity index (χ1n) is 6.75. The number of hydrogen-bond acceptors (Lipinski definition) is 3. The van der Waals surface area contributed by atoms with Gasteiger partial charge in [-0.3, -0.25) is 4.79 Å². The highest BCUT2D eigenvalue weighted by Gasteiger charge is 2.11. The minimum Gasteiger partial charge on any atom is -0.267 e. The minimum absolute atomic E-state index is 0.0354. The lowest BCUT2D eigenvalue weighted by Crippen LogP contribution is -2.28. The largest absolute Gasteiger partial charge is 0.271 e. The van der Waals surface area contributed by atoms with Gasteiger partial charge in [0, 0.05) is 17.7 Å². The third-order valence-corrected chi connectivity index (χ3v) is 3.00. The second-order valence-corrected chi connectivity index (χ2v) is 5.28. The van der Waals surface area contributed by atoms with E-state index in [1.807, 2.05) is 19.9 Å². The molecule has 0 N–H and O–H groups in total. The molecule has 21 heavy (non-hydrogen) atoms. The van der Waals surface area contributed by atoms with E-state index in [2.05, 4.69) is 5.10 Å². The second kappa shape index (κ2) is 6.31. The van der Waals surface area contributed by atoms with Crippen LogP contribution in [0.4, 0.5) is 4.39 Å². The van der Waals surface area contributed by atoms with Crippen molar-refractivity contribution in [2.24, 2.45) is 5.92 Å². The fourth-order valence-electron chi connectivity index (χ4n) is 2.04. The predicted molar refractivity (Wildman–Crippen MR) is 78.0 cm³/mol. The van der Waals surface area contributed by atoms with Crippen LogP contribution in [0.2, 0.25) is 0 Å². The van der Waals surface area contributed by atoms with Gasteiger partial charge in [-0.15, -0.1) is 0 Å². The van der Waals surface area contributed by atoms with Gasteiger partial charge in [-0.25, -0.2) is 9.07 Å². The van der Waals surface area contributed by atoms with E-state index < -0.39 is 0 Å². The molecule has 0 aliphatic heterocycles. The Morgan fingerprint density at radius 2 is 2.00 bits per heavy atom. The van der Waals surface area contributed by atoms with Gasteiger partial charge in [0.1, 0.15) is 5.82 Å². The maximum absolute atomic E-state index is 13.0. The third kappa shape index (κ3) is 3.54. The molecule has 0 saturated heterocycles. The highest BCUT2D eigenvalue weighted by molar-refractivity contribution is 5.59. The van der Waals surface area contributed by atoms with Crippen molar-refractivity contribution in [1.82, 2.24) is 9.78 Å². The van der Waals surface area contributed by atoms with Gasteiger partial charge in [0.2, 0.25) is 0 Å². The first-order valence-corrected chi connectivity index (χ1v) is 6.75. The summed E-state index contributed by atoms with van der Waals surface area (Å²) in [4.78, 5) is 12.2. The molecule has 1 heterocycles. The highest BCUT2D eigenvalue weighted by atomic mass is 19.1. The van der Waals surface area contributed by atoms with Crippen LogP contribution in [0.3, 0.4) is 0 Å². The van der Waals surface area contributed by atoms with Gasteiger partial charge in [0.25, 0.3) is 5.56 Å². The highest BCUT2D eigenvalue weighted by Crippen LogP contribution is 2.17. The van der Waals surface area contributed by atoms with Gasteiger partial charge in [-0.2, -0.15) is 10.4 Å². The lowest BCUT2D eigenvalue weighted by atomic mass is 10.1. The van der Waals surface area contributed by atoms with Crippen LogP contribution in [0.25, 0.3) is 11.3 Å². The van der Waals surface area contributed by atoms with Crippen LogP contribution in [0, 0.1) is 23.1 Å². The third-order valence-electron chi connectivity index (χ3n) is 3.00. The van der Waals surface area contributed by atoms with Crippen LogP contribution in [0.5, 0.6) is 0 Å². The number of hydrogen-bond donors (Lipinski definition) is 0. The van der Waals surface area contributed by atoms with Crippen LogP contribution >= 0.6 is 0 Å². The molecule has 0 fully saturated rings. The Kier molecular flexibility index (Phi) is 4.49. The molecule has 0 aliphatic rings. The zero-order valence-corrected chi connectivity index (χ0v) is 12.0. The zero-order valence-electron chi connectivity index (χ0n) is 12.0. The smallest absolute Gasteiger partial charge is 0.267 e. The van der Waals surface area contributed by atoms with Crippen LogP contribution in [-0.2, 0) is 13.0 Å². The monoisotopic (exact) mass is 285 g/mol. The molecule has 0 aliphatic carbocycles. The van der Waals surface area contributed by atoms with Crippen molar-refractivity contribution >= 4 is 0 Å². The predicted octanol–water partition coefficient (Wildman–Crippen LogP) is 2.77. The lowest BCUT2D eigenvalue weighted by Gasteiger charge is -2.11. The molecular weight excluding hydrogens is 269 g/mol. The van der Waals surface area contributed by atoms with Crippen LogP contribution < -0.4 is 5.56 Å². The second-order valence-electron chi connectivity index (χ2n) is 5.28. The van der Waals surface area contributed by atoms with Crippen molar-refractivity contribution < 1.29 is 4.39 Å². The van der Waals surface area contributed by atoms with E-state index >= 15 is 0 Å². The van der Waals surface area contributed by atoms with Crippen molar-refractivity contribution in [3.8, 4) is 17.3 Å². The summed E-state index contributed by atoms with van der Waals surface area (Å²) in [6.45, 7) is 4.46. The normalized spacial score (nSPS) is 10.6. The summed E-state index contributed by atoms with van der Waals surface area (Å²) in [6.07, 6.45) is 0.0354. The van der Waals surface area contributed by atoms with Gasteiger partial charge >= 0.3 is 0 Å². The molecule has 2 rings (SSSR count). The molecule has 0 saturated carbocycles. The molecule has 0 bridgehead atoms. The number of nitriles is 1. The quantitative estimate of drug-likeness (QED) is 0.868. The Balaban J connectivity index is 2.55. The zero-order chi connectivity index (χ0) is 15.4. The van der Waals surface area contributed by atoms with Gasteiger partial charge in [-0.1, -0.05) is 13.8 Å². The van der Waals surface area contributed by atoms with Crippen molar-refractivity contribution in [1.29, 1.82) is 5.26 Å². The molecule has 5 heteroatoms. The summed E-state index contributed by atoms with van der Waals surface area (Å²) in [5.41, 5.74) is 1.46. The maximum Gasteiger partial charge on any atom is 0.271 e. The molecule has 0 amide bonds. The molecule has 1 aromatic heterocycles. The summed E-state index contributed by atoms with van der Waals surface area (Å²) in [5, 5.41) is 13.2. The fourth-order valence-corrected chi connectivity index (χ4v) is 2.04. The molecule has 0 radical (unpaired) electrons. The summed E-state index contributed by atoms with van der Waals surface area (Å²) in [6, 6.07) is 9.51. The Morgan fingerprint density at radius 1 is 1.33 bits per heavy atom. The molecule has 0 atom stereocenters. The SMILES string of the molecule is CC(C)Cn1nc(-c2ccc(F)cc2)cc(CC#N)c1=O. The molecule has 0 unspecified atom stereocenters. The van der Waals surface area contributed by atoms with Crippen LogP contribution in [0.1, 0.15) is 19.4 Å². The van der Waals surface area contributed by atoms with E-state index in [1.54, 1.807) is 18.2 Å². The molecule has 0 spiro atoms. The van der Waals surface area contributed by atoms with Crippen LogP contribution in [0.15, 0.2) is 35.1 Å². The van der Waals surface area contributed by atoms with Crippen molar-refractivity contribution in [2.45, 2.75) is 26.8 Å². The molecular formula is C16H16FN3O. The van der Waals surface area contributed by atoms with Crippen molar-refractivity contribution in [3.05, 3.63) is 52.1 Å². The van der Waals surface area contributed by atoms with Gasteiger partial charge in [0.05, 0.1) is 18.2 Å². The number of benzene rings is 1. The van der Waals surface area contributed by atoms with Gasteiger partial charge in [0.15, 0.2) is 0 Å². The van der Waals surface area contributed by atoms with Gasteiger partial charge in [-0.05, 0) is 36.2 Å². The lowest BCUT2D eigenvalue weighted by molar-refractivity contribution is 0.463. The number of nitrogens with zero attached hydrogens (tertiary/aromatic N) is 3. The Labute approximate surface area is 122 Å². The first-order chi connectivity index (χ1) is 10.0. The standard InChI is InChI=1S/C16H16FN3O/c1-11(2)10-20-16(21)13(7-8-18)9-15(19-20)12-3-5-14(17)6-4-12/h3-6,9,11H,7,10H2,1-2H3. The van der Waals surface area contributed by atoms with E-state index in [-0.39, 0.29) is 23.7 Å². The summed E-state index contributed by atoms with van der Waals surface area (Å²) in [5.74, 6) is -0.0693. The molecule has 108 valence electrons. The number of halogens is 1. The Hall–Kier alpha value is -2.48. The van der Waals surface area contributed by atoms with Gasteiger partial charge < -0.3 is 0 Å². The average molecular weight is 285 g/mol. The molecule has 4 nitrogen and oxygen atoms in total. The van der Waals surface area contributed by atoms with E-state index in [4.69, 9.17) is 5.26 Å². The summed E-state index contributed by atoms with van der Waals surface area (Å²) >= 11 is 0. The Bertz CT molecular complexity index is 727. The summed E-state index contributed by atoms with van der Waals surface area (Å²) < 4.78 is 14.4. The van der Waals surface area contributed by atoms with Crippen molar-refractivity contribution in [2.75, 3.05) is 0 Å². The molecule has 1 aromatic carbocycles. The number of aromatic nitrogens is 2. The van der Waals surface area contributed by atoms with Crippen molar-refractivity contribution in [3.63, 3.8) is 0 Å². The van der Waals surface area contributed by atoms with E-state index in [0.29, 0.717) is 23.4 Å². The van der Waals surface area contributed by atoms with E-state index in [1.165, 1.54) is 16.8 Å². The average Bonchev–Trinajstić information content (AvgIpc) is 2.43. The summed E-state index contributed by atoms with van der Waals surface area (Å²) in [7, 11) is 0. The first kappa shape index (κ1) is 14.9. The minimum atomic E-state index is -0.327. The molecule has 2 aromatic rings.